The van der Waals surface area contributed by atoms with Crippen molar-refractivity contribution in [2.75, 3.05) is 0 Å². The number of furan rings is 1. The zero-order chi connectivity index (χ0) is 8.65. The number of hydrogen-bond donors (Lipinski definition) is 0. The maximum atomic E-state index is 13.0. The topological polar surface area (TPSA) is 13.1 Å². The smallest absolute Gasteiger partial charge is 0.175 e. The predicted octanol–water partition coefficient (Wildman–Crippen LogP) is 3.48. The maximum Gasteiger partial charge on any atom is 0.175 e. The lowest BCUT2D eigenvalue weighted by atomic mass is 9.89. The highest BCUT2D eigenvalue weighted by Crippen LogP contribution is 2.32. The molecule has 1 nitrogen and oxygen atoms in total. The van der Waals surface area contributed by atoms with Crippen LogP contribution in [0.1, 0.15) is 26.3 Å². The molecule has 3 heteroatoms. The zero-order valence-electron chi connectivity index (χ0n) is 6.74. The van der Waals surface area contributed by atoms with Crippen LogP contribution in [0.25, 0.3) is 0 Å². The van der Waals surface area contributed by atoms with Gasteiger partial charge in [-0.05, 0) is 21.3 Å². The average Bonchev–Trinajstić information content (AvgIpc) is 2.08. The molecular weight excluding hydrogens is 211 g/mol. The van der Waals surface area contributed by atoms with E-state index in [4.69, 9.17) is 4.42 Å². The zero-order valence-corrected chi connectivity index (χ0v) is 8.33. The molecule has 11 heavy (non-hydrogen) atoms. The van der Waals surface area contributed by atoms with Gasteiger partial charge in [-0.1, -0.05) is 20.8 Å². The quantitative estimate of drug-likeness (QED) is 0.653. The number of rotatable bonds is 0. The van der Waals surface area contributed by atoms with Gasteiger partial charge < -0.3 is 4.42 Å². The van der Waals surface area contributed by atoms with Gasteiger partial charge in [0.05, 0.1) is 0 Å². The lowest BCUT2D eigenvalue weighted by Gasteiger charge is -2.16. The second-order valence-corrected chi connectivity index (χ2v) is 4.20. The third kappa shape index (κ3) is 1.64. The van der Waals surface area contributed by atoms with Crippen LogP contribution in [0.3, 0.4) is 0 Å². The molecule has 1 rings (SSSR count). The molecule has 0 unspecified atom stereocenters. The van der Waals surface area contributed by atoms with E-state index >= 15 is 0 Å². The summed E-state index contributed by atoms with van der Waals surface area (Å²) in [7, 11) is 0. The molecule has 1 heterocycles. The van der Waals surface area contributed by atoms with Crippen LogP contribution in [0.4, 0.5) is 4.39 Å². The summed E-state index contributed by atoms with van der Waals surface area (Å²) in [6.07, 6.45) is 1.12. The maximum absolute atomic E-state index is 13.0. The summed E-state index contributed by atoms with van der Waals surface area (Å²) in [6.45, 7) is 5.81. The normalized spacial score (nSPS) is 12.1. The Morgan fingerprint density at radius 1 is 1.45 bits per heavy atom. The Bertz CT molecular complexity index is 240. The highest BCUT2D eigenvalue weighted by molar-refractivity contribution is 9.10. The molecule has 0 fully saturated rings. The highest BCUT2D eigenvalue weighted by atomic mass is 79.9. The fourth-order valence-electron chi connectivity index (χ4n) is 0.968. The van der Waals surface area contributed by atoms with E-state index in [9.17, 15) is 4.39 Å². The van der Waals surface area contributed by atoms with Crippen LogP contribution in [-0.4, -0.2) is 0 Å². The van der Waals surface area contributed by atoms with Gasteiger partial charge in [0.15, 0.2) is 10.5 Å². The minimum Gasteiger partial charge on any atom is -0.454 e. The molecule has 0 amide bonds. The first-order chi connectivity index (χ1) is 4.93. The van der Waals surface area contributed by atoms with Crippen molar-refractivity contribution < 1.29 is 8.81 Å². The predicted molar refractivity (Wildman–Crippen MR) is 45.1 cm³/mol. The van der Waals surface area contributed by atoms with Crippen LogP contribution < -0.4 is 0 Å². The van der Waals surface area contributed by atoms with Crippen molar-refractivity contribution in [2.45, 2.75) is 26.2 Å². The Labute approximate surface area is 73.7 Å². The van der Waals surface area contributed by atoms with E-state index in [0.717, 1.165) is 6.26 Å². The van der Waals surface area contributed by atoms with Crippen molar-refractivity contribution in [1.29, 1.82) is 0 Å². The molecule has 1 aromatic rings. The van der Waals surface area contributed by atoms with E-state index in [1.165, 1.54) is 0 Å². The van der Waals surface area contributed by atoms with Gasteiger partial charge in [-0.25, -0.2) is 4.39 Å². The van der Waals surface area contributed by atoms with Crippen molar-refractivity contribution in [2.24, 2.45) is 0 Å². The third-order valence-electron chi connectivity index (χ3n) is 1.45. The Kier molecular flexibility index (Phi) is 2.10. The van der Waals surface area contributed by atoms with E-state index in [1.807, 2.05) is 20.8 Å². The summed E-state index contributed by atoms with van der Waals surface area (Å²) in [5.41, 5.74) is 0.383. The molecule has 0 N–H and O–H groups in total. The molecule has 0 aromatic carbocycles. The minimum atomic E-state index is -0.288. The Morgan fingerprint density at radius 3 is 2.18 bits per heavy atom. The van der Waals surface area contributed by atoms with Crippen LogP contribution in [0, 0.1) is 5.82 Å². The first-order valence-corrected chi connectivity index (χ1v) is 4.15. The summed E-state index contributed by atoms with van der Waals surface area (Å²) in [4.78, 5) is 0. The highest BCUT2D eigenvalue weighted by Gasteiger charge is 2.24. The lowest BCUT2D eigenvalue weighted by molar-refractivity contribution is 0.512. The second-order valence-electron chi connectivity index (χ2n) is 3.48. The summed E-state index contributed by atoms with van der Waals surface area (Å²) >= 11 is 3.15. The molecule has 0 atom stereocenters. The summed E-state index contributed by atoms with van der Waals surface area (Å²) in [5, 5.41) is 0. The van der Waals surface area contributed by atoms with Crippen molar-refractivity contribution in [3.8, 4) is 0 Å². The van der Waals surface area contributed by atoms with Gasteiger partial charge in [-0.3, -0.25) is 0 Å². The summed E-state index contributed by atoms with van der Waals surface area (Å²) in [6, 6.07) is 0. The van der Waals surface area contributed by atoms with Crippen molar-refractivity contribution >= 4 is 15.9 Å². The molecule has 0 spiro atoms. The van der Waals surface area contributed by atoms with Crippen molar-refractivity contribution in [3.05, 3.63) is 22.3 Å². The molecule has 0 aliphatic rings. The Morgan fingerprint density at radius 2 is 2.00 bits per heavy atom. The average molecular weight is 221 g/mol. The summed E-state index contributed by atoms with van der Waals surface area (Å²) in [5.74, 6) is -0.288. The van der Waals surface area contributed by atoms with Crippen molar-refractivity contribution in [1.82, 2.24) is 0 Å². The molecule has 0 radical (unpaired) electrons. The summed E-state index contributed by atoms with van der Waals surface area (Å²) < 4.78 is 18.3. The molecule has 0 bridgehead atoms. The van der Waals surface area contributed by atoms with E-state index in [-0.39, 0.29) is 11.2 Å². The Hall–Kier alpha value is -0.310. The van der Waals surface area contributed by atoms with Crippen LogP contribution >= 0.6 is 15.9 Å². The number of hydrogen-bond acceptors (Lipinski definition) is 1. The molecule has 0 saturated carbocycles. The van der Waals surface area contributed by atoms with Crippen LogP contribution in [-0.2, 0) is 5.41 Å². The first-order valence-electron chi connectivity index (χ1n) is 3.36. The largest absolute Gasteiger partial charge is 0.454 e. The van der Waals surface area contributed by atoms with Gasteiger partial charge in [-0.15, -0.1) is 0 Å². The second kappa shape index (κ2) is 2.63. The monoisotopic (exact) mass is 220 g/mol. The van der Waals surface area contributed by atoms with Crippen LogP contribution in [0.5, 0.6) is 0 Å². The Balaban J connectivity index is 3.21. The van der Waals surface area contributed by atoms with E-state index < -0.39 is 0 Å². The van der Waals surface area contributed by atoms with Crippen LogP contribution in [0.15, 0.2) is 15.3 Å². The van der Waals surface area contributed by atoms with Gasteiger partial charge in [0.1, 0.15) is 6.26 Å². The fourth-order valence-corrected chi connectivity index (χ4v) is 1.85. The van der Waals surface area contributed by atoms with Crippen LogP contribution in [0.2, 0.25) is 0 Å². The van der Waals surface area contributed by atoms with Crippen molar-refractivity contribution in [3.63, 3.8) is 0 Å². The fraction of sp³-hybridized carbons (Fsp3) is 0.500. The molecule has 0 aliphatic heterocycles. The molecule has 62 valence electrons. The van der Waals surface area contributed by atoms with Gasteiger partial charge in [0.25, 0.3) is 0 Å². The molecule has 0 saturated heterocycles. The molecular formula is C8H10BrFO. The van der Waals surface area contributed by atoms with E-state index in [1.54, 1.807) is 0 Å². The number of halogens is 2. The first kappa shape index (κ1) is 8.78. The van der Waals surface area contributed by atoms with Gasteiger partial charge in [0.2, 0.25) is 0 Å². The SMILES string of the molecule is CC(C)(C)c1c(F)coc1Br. The van der Waals surface area contributed by atoms with E-state index in [2.05, 4.69) is 15.9 Å². The molecule has 1 aromatic heterocycles. The minimum absolute atomic E-state index is 0.212. The van der Waals surface area contributed by atoms with E-state index in [0.29, 0.717) is 10.2 Å². The lowest BCUT2D eigenvalue weighted by Crippen LogP contribution is -2.12. The molecule has 0 aliphatic carbocycles. The van der Waals surface area contributed by atoms with Gasteiger partial charge in [0, 0.05) is 5.56 Å². The standard InChI is InChI=1S/C8H10BrFO/c1-8(2,3)6-5(10)4-11-7(6)9/h4H,1-3H3. The third-order valence-corrected chi connectivity index (χ3v) is 2.03. The van der Waals surface area contributed by atoms with Gasteiger partial charge in [-0.2, -0.15) is 0 Å². The van der Waals surface area contributed by atoms with Gasteiger partial charge >= 0.3 is 0 Å².